The van der Waals surface area contributed by atoms with Crippen LogP contribution in [0, 0.1) is 5.92 Å². The summed E-state index contributed by atoms with van der Waals surface area (Å²) in [6.07, 6.45) is 2.57. The van der Waals surface area contributed by atoms with E-state index in [0.717, 1.165) is 24.3 Å². The number of rotatable bonds is 3. The fourth-order valence-electron chi connectivity index (χ4n) is 2.64. The first kappa shape index (κ1) is 13.6. The van der Waals surface area contributed by atoms with Crippen molar-refractivity contribution >= 4 is 17.4 Å². The molecule has 1 aliphatic heterocycles. The quantitative estimate of drug-likeness (QED) is 0.857. The Morgan fingerprint density at radius 3 is 2.83 bits per heavy atom. The molecular weight excluding hydrogens is 250 g/mol. The number of aliphatic hydroxyl groups excluding tert-OH is 1. The normalized spacial score (nSPS) is 24.0. The summed E-state index contributed by atoms with van der Waals surface area (Å²) in [5.74, 6) is 1.63. The molecule has 100 valence electrons. The Hall–Kier alpha value is -0.870. The van der Waals surface area contributed by atoms with Crippen LogP contribution in [0.3, 0.4) is 0 Å². The van der Waals surface area contributed by atoms with Crippen LogP contribution in [0.25, 0.3) is 0 Å². The van der Waals surface area contributed by atoms with Crippen LogP contribution in [0.5, 0.6) is 0 Å². The summed E-state index contributed by atoms with van der Waals surface area (Å²) in [5, 5.41) is 10.1. The van der Waals surface area contributed by atoms with Crippen LogP contribution in [0.15, 0.2) is 6.33 Å². The summed E-state index contributed by atoms with van der Waals surface area (Å²) in [4.78, 5) is 10.6. The Labute approximate surface area is 113 Å². The molecule has 1 aliphatic rings. The smallest absolute Gasteiger partial charge is 0.138 e. The molecule has 0 amide bonds. The second-order valence-corrected chi connectivity index (χ2v) is 5.62. The molecule has 1 aromatic heterocycles. The lowest BCUT2D eigenvalue weighted by Gasteiger charge is -2.29. The van der Waals surface area contributed by atoms with Crippen molar-refractivity contribution in [3.05, 3.63) is 17.0 Å². The van der Waals surface area contributed by atoms with Gasteiger partial charge in [0, 0.05) is 12.1 Å². The second kappa shape index (κ2) is 5.41. The lowest BCUT2D eigenvalue weighted by atomic mass is 10.0. The number of halogens is 1. The molecule has 2 heterocycles. The van der Waals surface area contributed by atoms with Crippen LogP contribution < -0.4 is 4.90 Å². The van der Waals surface area contributed by atoms with Gasteiger partial charge in [0.2, 0.25) is 0 Å². The molecule has 4 nitrogen and oxygen atoms in total. The summed E-state index contributed by atoms with van der Waals surface area (Å²) in [6, 6.07) is 0.133. The number of nitrogens with zero attached hydrogens (tertiary/aromatic N) is 3. The minimum absolute atomic E-state index is 0.133. The van der Waals surface area contributed by atoms with Gasteiger partial charge in [0.15, 0.2) is 0 Å². The van der Waals surface area contributed by atoms with Crippen molar-refractivity contribution in [1.82, 2.24) is 9.97 Å². The molecule has 1 N–H and O–H groups in total. The highest BCUT2D eigenvalue weighted by Gasteiger charge is 2.33. The van der Waals surface area contributed by atoms with Crippen LogP contribution in [-0.4, -0.2) is 34.3 Å². The van der Waals surface area contributed by atoms with Gasteiger partial charge in [-0.3, -0.25) is 0 Å². The lowest BCUT2D eigenvalue weighted by molar-refractivity contribution is 0.244. The predicted octanol–water partition coefficient (Wildman–Crippen LogP) is 2.46. The van der Waals surface area contributed by atoms with Gasteiger partial charge < -0.3 is 10.0 Å². The van der Waals surface area contributed by atoms with Crippen molar-refractivity contribution in [2.24, 2.45) is 5.92 Å². The Bertz CT molecular complexity index is 425. The maximum Gasteiger partial charge on any atom is 0.138 e. The van der Waals surface area contributed by atoms with Crippen LogP contribution in [0.4, 0.5) is 5.82 Å². The molecule has 1 saturated heterocycles. The summed E-state index contributed by atoms with van der Waals surface area (Å²) < 4.78 is 0. The van der Waals surface area contributed by atoms with E-state index in [-0.39, 0.29) is 18.6 Å². The third kappa shape index (κ3) is 2.31. The fourth-order valence-corrected chi connectivity index (χ4v) is 2.99. The monoisotopic (exact) mass is 269 g/mol. The predicted molar refractivity (Wildman–Crippen MR) is 73.1 cm³/mol. The standard InChI is InChI=1S/C13H20ClN3O/c1-8(2)11-12(14)15-7-16-13(11)17-5-4-9(3)10(17)6-18/h7-10,18H,4-6H2,1-3H3. The highest BCUT2D eigenvalue weighted by molar-refractivity contribution is 6.30. The van der Waals surface area contributed by atoms with Crippen molar-refractivity contribution in [3.63, 3.8) is 0 Å². The van der Waals surface area contributed by atoms with E-state index in [9.17, 15) is 5.11 Å². The Balaban J connectivity index is 2.42. The summed E-state index contributed by atoms with van der Waals surface area (Å²) in [5.41, 5.74) is 0.978. The van der Waals surface area contributed by atoms with Gasteiger partial charge in [-0.2, -0.15) is 0 Å². The van der Waals surface area contributed by atoms with Crippen LogP contribution in [0.2, 0.25) is 5.15 Å². The van der Waals surface area contributed by atoms with Crippen LogP contribution in [-0.2, 0) is 0 Å². The van der Waals surface area contributed by atoms with Gasteiger partial charge in [-0.15, -0.1) is 0 Å². The Morgan fingerprint density at radius 2 is 2.22 bits per heavy atom. The third-order valence-electron chi connectivity index (χ3n) is 3.73. The van der Waals surface area contributed by atoms with Crippen molar-refractivity contribution in [2.75, 3.05) is 18.1 Å². The number of anilines is 1. The van der Waals surface area contributed by atoms with Gasteiger partial charge in [-0.1, -0.05) is 32.4 Å². The van der Waals surface area contributed by atoms with E-state index in [1.54, 1.807) is 0 Å². The molecule has 1 aromatic rings. The van der Waals surface area contributed by atoms with E-state index in [1.807, 2.05) is 0 Å². The fraction of sp³-hybridized carbons (Fsp3) is 0.692. The highest BCUT2D eigenvalue weighted by Crippen LogP contribution is 2.35. The highest BCUT2D eigenvalue weighted by atomic mass is 35.5. The zero-order chi connectivity index (χ0) is 13.3. The molecule has 18 heavy (non-hydrogen) atoms. The van der Waals surface area contributed by atoms with Crippen LogP contribution >= 0.6 is 11.6 Å². The first-order valence-corrected chi connectivity index (χ1v) is 6.82. The van der Waals surface area contributed by atoms with Gasteiger partial charge in [-0.05, 0) is 18.3 Å². The largest absolute Gasteiger partial charge is 0.394 e. The molecule has 5 heteroatoms. The lowest BCUT2D eigenvalue weighted by Crippen LogP contribution is -2.36. The molecule has 0 saturated carbocycles. The third-order valence-corrected chi connectivity index (χ3v) is 4.03. The topological polar surface area (TPSA) is 49.2 Å². The molecule has 0 aliphatic carbocycles. The zero-order valence-corrected chi connectivity index (χ0v) is 11.9. The molecule has 0 radical (unpaired) electrons. The average Bonchev–Trinajstić information content (AvgIpc) is 2.69. The maximum absolute atomic E-state index is 9.55. The molecule has 1 fully saturated rings. The summed E-state index contributed by atoms with van der Waals surface area (Å²) in [7, 11) is 0. The SMILES string of the molecule is CC(C)c1c(Cl)ncnc1N1CCC(C)C1CO. The van der Waals surface area contributed by atoms with E-state index in [1.165, 1.54) is 6.33 Å². The van der Waals surface area contributed by atoms with Gasteiger partial charge in [0.1, 0.15) is 17.3 Å². The molecular formula is C13H20ClN3O. The number of hydrogen-bond donors (Lipinski definition) is 1. The van der Waals surface area contributed by atoms with E-state index < -0.39 is 0 Å². The molecule has 2 rings (SSSR count). The summed E-state index contributed by atoms with van der Waals surface area (Å²) >= 11 is 6.19. The van der Waals surface area contributed by atoms with Gasteiger partial charge >= 0.3 is 0 Å². The van der Waals surface area contributed by atoms with Gasteiger partial charge in [0.25, 0.3) is 0 Å². The van der Waals surface area contributed by atoms with E-state index in [2.05, 4.69) is 35.6 Å². The number of hydrogen-bond acceptors (Lipinski definition) is 4. The first-order chi connectivity index (χ1) is 8.56. The number of aliphatic hydroxyl groups is 1. The van der Waals surface area contributed by atoms with Crippen molar-refractivity contribution in [1.29, 1.82) is 0 Å². The van der Waals surface area contributed by atoms with Gasteiger partial charge in [-0.25, -0.2) is 9.97 Å². The minimum Gasteiger partial charge on any atom is -0.394 e. The Kier molecular flexibility index (Phi) is 4.07. The molecule has 0 bridgehead atoms. The van der Waals surface area contributed by atoms with E-state index in [4.69, 9.17) is 11.6 Å². The minimum atomic E-state index is 0.133. The number of aromatic nitrogens is 2. The van der Waals surface area contributed by atoms with E-state index >= 15 is 0 Å². The second-order valence-electron chi connectivity index (χ2n) is 5.27. The van der Waals surface area contributed by atoms with Crippen molar-refractivity contribution in [2.45, 2.75) is 39.2 Å². The molecule has 2 atom stereocenters. The van der Waals surface area contributed by atoms with Crippen LogP contribution in [0.1, 0.15) is 38.7 Å². The maximum atomic E-state index is 9.55. The molecule has 0 spiro atoms. The molecule has 2 unspecified atom stereocenters. The first-order valence-electron chi connectivity index (χ1n) is 6.44. The van der Waals surface area contributed by atoms with E-state index in [0.29, 0.717) is 11.1 Å². The van der Waals surface area contributed by atoms with Crippen molar-refractivity contribution in [3.8, 4) is 0 Å². The zero-order valence-electron chi connectivity index (χ0n) is 11.1. The Morgan fingerprint density at radius 1 is 1.50 bits per heavy atom. The summed E-state index contributed by atoms with van der Waals surface area (Å²) in [6.45, 7) is 7.40. The van der Waals surface area contributed by atoms with Crippen molar-refractivity contribution < 1.29 is 5.11 Å². The average molecular weight is 270 g/mol. The van der Waals surface area contributed by atoms with Gasteiger partial charge in [0.05, 0.1) is 12.6 Å². The molecule has 0 aromatic carbocycles.